The summed E-state index contributed by atoms with van der Waals surface area (Å²) < 4.78 is 56.1. The number of hydrogen-bond acceptors (Lipinski definition) is 4. The van der Waals surface area contributed by atoms with Gasteiger partial charge in [-0.1, -0.05) is 36.4 Å². The lowest BCUT2D eigenvalue weighted by molar-refractivity contribution is 0.417. The molecule has 0 amide bonds. The van der Waals surface area contributed by atoms with E-state index in [0.717, 1.165) is 6.26 Å². The highest BCUT2D eigenvalue weighted by Crippen LogP contribution is 2.34. The fourth-order valence-electron chi connectivity index (χ4n) is 4.25. The molecule has 2 atom stereocenters. The first-order chi connectivity index (χ1) is 14.7. The van der Waals surface area contributed by atoms with Crippen LogP contribution < -0.4 is 10.3 Å². The molecule has 2 unspecified atom stereocenters. The van der Waals surface area contributed by atoms with Gasteiger partial charge in [0.15, 0.2) is 0 Å². The molecule has 0 fully saturated rings. The Morgan fingerprint density at radius 2 is 1.87 bits per heavy atom. The standard InChI is InChI=1S/C22H21F2N3O3S/c1-31(29,30)27-18-9-10-19-20(22(28)26-12-25-19)16(18)11-13-5-4-7-15(21(13)24)14-6-2-3-8-17(14)23/h2-8,12,16,18,27H,9-11H2,1H3,(H,25,26,28). The molecule has 1 aliphatic rings. The Labute approximate surface area is 178 Å². The Kier molecular flexibility index (Phi) is 5.72. The number of aromatic nitrogens is 2. The van der Waals surface area contributed by atoms with E-state index in [1.165, 1.54) is 30.6 Å². The van der Waals surface area contributed by atoms with E-state index in [4.69, 9.17) is 0 Å². The van der Waals surface area contributed by atoms with Crippen LogP contribution in [-0.2, 0) is 22.9 Å². The van der Waals surface area contributed by atoms with E-state index in [9.17, 15) is 17.6 Å². The predicted octanol–water partition coefficient (Wildman–Crippen LogP) is 2.91. The number of rotatable bonds is 5. The molecule has 162 valence electrons. The summed E-state index contributed by atoms with van der Waals surface area (Å²) in [6, 6.07) is 9.99. The van der Waals surface area contributed by atoms with Crippen LogP contribution in [0.3, 0.4) is 0 Å². The molecule has 0 saturated heterocycles. The molecule has 0 saturated carbocycles. The van der Waals surface area contributed by atoms with Crippen LogP contribution >= 0.6 is 0 Å². The highest BCUT2D eigenvalue weighted by Gasteiger charge is 2.35. The lowest BCUT2D eigenvalue weighted by atomic mass is 9.78. The zero-order valence-corrected chi connectivity index (χ0v) is 17.5. The van der Waals surface area contributed by atoms with Crippen molar-refractivity contribution in [1.29, 1.82) is 0 Å². The predicted molar refractivity (Wildman–Crippen MR) is 113 cm³/mol. The van der Waals surface area contributed by atoms with Gasteiger partial charge in [-0.2, -0.15) is 0 Å². The number of nitrogens with zero attached hydrogens (tertiary/aromatic N) is 1. The maximum absolute atomic E-state index is 15.4. The largest absolute Gasteiger partial charge is 0.313 e. The zero-order chi connectivity index (χ0) is 22.2. The van der Waals surface area contributed by atoms with Crippen molar-refractivity contribution in [3.05, 3.63) is 87.6 Å². The molecule has 2 aromatic carbocycles. The van der Waals surface area contributed by atoms with Gasteiger partial charge in [-0.05, 0) is 30.9 Å². The van der Waals surface area contributed by atoms with Crippen LogP contribution in [0.5, 0.6) is 0 Å². The number of fused-ring (bicyclic) bond motifs is 1. The summed E-state index contributed by atoms with van der Waals surface area (Å²) in [5.41, 5.74) is 1.06. The maximum Gasteiger partial charge on any atom is 0.254 e. The van der Waals surface area contributed by atoms with Crippen LogP contribution in [0.15, 0.2) is 53.6 Å². The molecular formula is C22H21F2N3O3S. The number of nitrogens with one attached hydrogen (secondary N) is 2. The Bertz CT molecular complexity index is 1290. The average Bonchev–Trinajstić information content (AvgIpc) is 2.71. The number of sulfonamides is 1. The molecular weight excluding hydrogens is 424 g/mol. The number of benzene rings is 2. The minimum absolute atomic E-state index is 0.0586. The highest BCUT2D eigenvalue weighted by atomic mass is 32.2. The molecule has 4 rings (SSSR count). The van der Waals surface area contributed by atoms with Crippen molar-refractivity contribution >= 4 is 10.0 Å². The van der Waals surface area contributed by atoms with E-state index in [-0.39, 0.29) is 28.7 Å². The first kappa shape index (κ1) is 21.3. The van der Waals surface area contributed by atoms with Crippen LogP contribution in [0.25, 0.3) is 11.1 Å². The maximum atomic E-state index is 15.4. The number of halogens is 2. The average molecular weight is 445 g/mol. The second kappa shape index (κ2) is 8.32. The SMILES string of the molecule is CS(=O)(=O)NC1CCc2nc[nH]c(=O)c2C1Cc1cccc(-c2ccccc2F)c1F. The zero-order valence-electron chi connectivity index (χ0n) is 16.7. The van der Waals surface area contributed by atoms with Gasteiger partial charge in [0.2, 0.25) is 10.0 Å². The molecule has 9 heteroatoms. The van der Waals surface area contributed by atoms with Gasteiger partial charge in [-0.25, -0.2) is 26.9 Å². The first-order valence-electron chi connectivity index (χ1n) is 9.80. The third-order valence-electron chi connectivity index (χ3n) is 5.57. The third-order valence-corrected chi connectivity index (χ3v) is 6.30. The molecule has 0 radical (unpaired) electrons. The molecule has 3 aromatic rings. The summed E-state index contributed by atoms with van der Waals surface area (Å²) in [7, 11) is -3.56. The van der Waals surface area contributed by atoms with E-state index in [2.05, 4.69) is 14.7 Å². The fraction of sp³-hybridized carbons (Fsp3) is 0.273. The van der Waals surface area contributed by atoms with Crippen LogP contribution in [0.2, 0.25) is 0 Å². The first-order valence-corrected chi connectivity index (χ1v) is 11.7. The molecule has 1 aromatic heterocycles. The normalized spacial score (nSPS) is 18.5. The number of H-pyrrole nitrogens is 1. The van der Waals surface area contributed by atoms with Crippen molar-refractivity contribution < 1.29 is 17.2 Å². The number of hydrogen-bond donors (Lipinski definition) is 2. The highest BCUT2D eigenvalue weighted by molar-refractivity contribution is 7.88. The summed E-state index contributed by atoms with van der Waals surface area (Å²) in [5, 5.41) is 0. The monoisotopic (exact) mass is 445 g/mol. The topological polar surface area (TPSA) is 91.9 Å². The van der Waals surface area contributed by atoms with Crippen LogP contribution in [0, 0.1) is 11.6 Å². The minimum atomic E-state index is -3.56. The van der Waals surface area contributed by atoms with Crippen molar-refractivity contribution in [2.24, 2.45) is 0 Å². The van der Waals surface area contributed by atoms with Gasteiger partial charge in [0, 0.05) is 28.7 Å². The van der Waals surface area contributed by atoms with Crippen LogP contribution in [-0.4, -0.2) is 30.7 Å². The number of aryl methyl sites for hydroxylation is 1. The molecule has 1 heterocycles. The lowest BCUT2D eigenvalue weighted by Gasteiger charge is -2.32. The molecule has 2 N–H and O–H groups in total. The van der Waals surface area contributed by atoms with Gasteiger partial charge in [0.1, 0.15) is 11.6 Å². The van der Waals surface area contributed by atoms with Crippen molar-refractivity contribution in [1.82, 2.24) is 14.7 Å². The van der Waals surface area contributed by atoms with E-state index in [1.54, 1.807) is 18.2 Å². The third kappa shape index (κ3) is 4.42. The summed E-state index contributed by atoms with van der Waals surface area (Å²) >= 11 is 0. The number of aromatic amines is 1. The van der Waals surface area contributed by atoms with Gasteiger partial charge in [-0.3, -0.25) is 4.79 Å². The van der Waals surface area contributed by atoms with E-state index < -0.39 is 33.6 Å². The van der Waals surface area contributed by atoms with Crippen molar-refractivity contribution in [3.8, 4) is 11.1 Å². The molecule has 0 spiro atoms. The molecule has 31 heavy (non-hydrogen) atoms. The van der Waals surface area contributed by atoms with Gasteiger partial charge >= 0.3 is 0 Å². The smallest absolute Gasteiger partial charge is 0.254 e. The Morgan fingerprint density at radius 1 is 1.13 bits per heavy atom. The van der Waals surface area contributed by atoms with Gasteiger partial charge < -0.3 is 4.98 Å². The molecule has 6 nitrogen and oxygen atoms in total. The Morgan fingerprint density at radius 3 is 2.61 bits per heavy atom. The van der Waals surface area contributed by atoms with Crippen LogP contribution in [0.1, 0.15) is 29.2 Å². The summed E-state index contributed by atoms with van der Waals surface area (Å²) in [6.45, 7) is 0. The fourth-order valence-corrected chi connectivity index (χ4v) is 5.08. The summed E-state index contributed by atoms with van der Waals surface area (Å²) in [5.74, 6) is -1.77. The van der Waals surface area contributed by atoms with Gasteiger partial charge in [0.05, 0.1) is 18.3 Å². The quantitative estimate of drug-likeness (QED) is 0.632. The van der Waals surface area contributed by atoms with E-state index in [1.807, 2.05) is 0 Å². The lowest BCUT2D eigenvalue weighted by Crippen LogP contribution is -2.44. The van der Waals surface area contributed by atoms with Crippen molar-refractivity contribution in [3.63, 3.8) is 0 Å². The van der Waals surface area contributed by atoms with Crippen molar-refractivity contribution in [2.45, 2.75) is 31.2 Å². The molecule has 1 aliphatic carbocycles. The Hall–Kier alpha value is -2.91. The minimum Gasteiger partial charge on any atom is -0.313 e. The summed E-state index contributed by atoms with van der Waals surface area (Å²) in [4.78, 5) is 19.3. The second-order valence-electron chi connectivity index (χ2n) is 7.70. The summed E-state index contributed by atoms with van der Waals surface area (Å²) in [6.07, 6.45) is 3.27. The second-order valence-corrected chi connectivity index (χ2v) is 9.48. The molecule has 0 bridgehead atoms. The van der Waals surface area contributed by atoms with Crippen molar-refractivity contribution in [2.75, 3.05) is 6.26 Å². The van der Waals surface area contributed by atoms with Gasteiger partial charge in [-0.15, -0.1) is 0 Å². The van der Waals surface area contributed by atoms with Crippen LogP contribution in [0.4, 0.5) is 8.78 Å². The Balaban J connectivity index is 1.79. The van der Waals surface area contributed by atoms with E-state index >= 15 is 4.39 Å². The molecule has 0 aliphatic heterocycles. The van der Waals surface area contributed by atoms with E-state index in [0.29, 0.717) is 24.1 Å². The van der Waals surface area contributed by atoms with Gasteiger partial charge in [0.25, 0.3) is 5.56 Å².